The van der Waals surface area contributed by atoms with Crippen LogP contribution in [0.3, 0.4) is 0 Å². The third-order valence-corrected chi connectivity index (χ3v) is 1.70. The second kappa shape index (κ2) is 4.97. The van der Waals surface area contributed by atoms with Crippen molar-refractivity contribution < 1.29 is 13.9 Å². The Labute approximate surface area is 86.1 Å². The van der Waals surface area contributed by atoms with Crippen molar-refractivity contribution in [3.05, 3.63) is 23.5 Å². The van der Waals surface area contributed by atoms with Crippen molar-refractivity contribution in [1.82, 2.24) is 0 Å². The number of phenols is 1. The smallest absolute Gasteiger partial charge is 0.143 e. The number of phenolic OH excluding ortho intramolecular Hbond substituents is 1. The molecule has 80 valence electrons. The summed E-state index contributed by atoms with van der Waals surface area (Å²) < 4.78 is 24.9. The van der Waals surface area contributed by atoms with E-state index in [1.165, 1.54) is 0 Å². The minimum atomic E-state index is -1.04. The number of nitrogen functional groups attached to an aromatic ring is 1. The van der Waals surface area contributed by atoms with Gasteiger partial charge in [0.05, 0.1) is 11.7 Å². The third-order valence-electron chi connectivity index (χ3n) is 1.70. The molecule has 6 heteroatoms. The summed E-state index contributed by atoms with van der Waals surface area (Å²) in [6, 6.07) is 0.873. The number of benzene rings is 1. The Morgan fingerprint density at radius 1 is 1.43 bits per heavy atom. The molecule has 1 atom stereocenters. The van der Waals surface area contributed by atoms with Gasteiger partial charge in [-0.1, -0.05) is 0 Å². The topological polar surface area (TPSA) is 72.3 Å². The first-order valence-corrected chi connectivity index (χ1v) is 3.65. The molecular formula is C8H11ClF2N2O. The fraction of sp³-hybridized carbons (Fsp3) is 0.250. The highest BCUT2D eigenvalue weighted by atomic mass is 35.5. The lowest BCUT2D eigenvalue weighted by Crippen LogP contribution is -2.13. The molecule has 0 bridgehead atoms. The van der Waals surface area contributed by atoms with Gasteiger partial charge in [-0.25, -0.2) is 8.78 Å². The van der Waals surface area contributed by atoms with Gasteiger partial charge in [-0.05, 0) is 6.07 Å². The highest BCUT2D eigenvalue weighted by Gasteiger charge is 2.14. The fourth-order valence-electron chi connectivity index (χ4n) is 1.01. The van der Waals surface area contributed by atoms with Crippen LogP contribution in [0.1, 0.15) is 11.6 Å². The molecule has 0 spiro atoms. The monoisotopic (exact) mass is 224 g/mol. The first-order chi connectivity index (χ1) is 6.06. The van der Waals surface area contributed by atoms with E-state index in [0.717, 1.165) is 12.1 Å². The summed E-state index contributed by atoms with van der Waals surface area (Å²) in [5.74, 6) is -0.999. The zero-order chi connectivity index (χ0) is 10.0. The number of anilines is 1. The van der Waals surface area contributed by atoms with Crippen molar-refractivity contribution in [1.29, 1.82) is 0 Å². The van der Waals surface area contributed by atoms with Gasteiger partial charge in [-0.15, -0.1) is 12.4 Å². The predicted octanol–water partition coefficient (Wildman–Crippen LogP) is 1.50. The molecule has 14 heavy (non-hydrogen) atoms. The van der Waals surface area contributed by atoms with Crippen LogP contribution >= 0.6 is 12.4 Å². The molecule has 1 aromatic carbocycles. The minimum Gasteiger partial charge on any atom is -0.505 e. The van der Waals surface area contributed by atoms with Crippen LogP contribution in [0.15, 0.2) is 12.1 Å². The van der Waals surface area contributed by atoms with Crippen molar-refractivity contribution in [2.24, 2.45) is 5.73 Å². The molecule has 5 N–H and O–H groups in total. The molecular weight excluding hydrogens is 214 g/mol. The molecule has 0 amide bonds. The lowest BCUT2D eigenvalue weighted by Gasteiger charge is -2.11. The zero-order valence-corrected chi connectivity index (χ0v) is 8.02. The summed E-state index contributed by atoms with van der Waals surface area (Å²) in [6.07, 6.45) is 0. The molecule has 0 radical (unpaired) electrons. The van der Waals surface area contributed by atoms with Gasteiger partial charge in [0.2, 0.25) is 0 Å². The molecule has 0 unspecified atom stereocenters. The minimum absolute atomic E-state index is 0. The van der Waals surface area contributed by atoms with Crippen LogP contribution in [-0.2, 0) is 0 Å². The number of hydrogen-bond acceptors (Lipinski definition) is 3. The highest BCUT2D eigenvalue weighted by molar-refractivity contribution is 5.85. The van der Waals surface area contributed by atoms with Gasteiger partial charge in [-0.2, -0.15) is 0 Å². The average Bonchev–Trinajstić information content (AvgIpc) is 2.10. The molecule has 3 nitrogen and oxygen atoms in total. The van der Waals surface area contributed by atoms with Gasteiger partial charge in [-0.3, -0.25) is 0 Å². The Balaban J connectivity index is 0.00000169. The normalized spacial score (nSPS) is 11.9. The summed E-state index contributed by atoms with van der Waals surface area (Å²) in [5.41, 5.74) is 10.4. The van der Waals surface area contributed by atoms with Crippen LogP contribution in [0.25, 0.3) is 0 Å². The largest absolute Gasteiger partial charge is 0.505 e. The Bertz CT molecular complexity index is 322. The number of halogens is 3. The fourth-order valence-corrected chi connectivity index (χ4v) is 1.01. The van der Waals surface area contributed by atoms with Gasteiger partial charge in [0.25, 0.3) is 0 Å². The van der Waals surface area contributed by atoms with E-state index in [4.69, 9.17) is 11.5 Å². The van der Waals surface area contributed by atoms with E-state index < -0.39 is 18.5 Å². The Kier molecular flexibility index (Phi) is 4.59. The molecule has 0 saturated heterocycles. The highest BCUT2D eigenvalue weighted by Crippen LogP contribution is 2.30. The van der Waals surface area contributed by atoms with Crippen molar-refractivity contribution in [3.63, 3.8) is 0 Å². The van der Waals surface area contributed by atoms with Crippen LogP contribution < -0.4 is 11.5 Å². The van der Waals surface area contributed by atoms with E-state index in [0.29, 0.717) is 0 Å². The van der Waals surface area contributed by atoms with E-state index >= 15 is 0 Å². The number of alkyl halides is 1. The lowest BCUT2D eigenvalue weighted by atomic mass is 10.1. The molecule has 0 fully saturated rings. The van der Waals surface area contributed by atoms with Crippen molar-refractivity contribution in [3.8, 4) is 5.75 Å². The van der Waals surface area contributed by atoms with Gasteiger partial charge >= 0.3 is 0 Å². The molecule has 1 aromatic rings. The Morgan fingerprint density at radius 2 is 2.00 bits per heavy atom. The van der Waals surface area contributed by atoms with Crippen LogP contribution in [0.4, 0.5) is 14.5 Å². The molecule has 0 aliphatic heterocycles. The summed E-state index contributed by atoms with van der Waals surface area (Å²) in [5, 5.41) is 9.29. The number of rotatable bonds is 2. The summed E-state index contributed by atoms with van der Waals surface area (Å²) in [4.78, 5) is 0. The number of aromatic hydroxyl groups is 1. The number of nitrogens with two attached hydrogens (primary N) is 2. The van der Waals surface area contributed by atoms with E-state index in [-0.39, 0.29) is 29.4 Å². The second-order valence-corrected chi connectivity index (χ2v) is 2.69. The summed E-state index contributed by atoms with van der Waals surface area (Å²) in [6.45, 7) is -0.879. The standard InChI is InChI=1S/C8H10F2N2O.ClH/c9-3-7(12)5-1-4(10)2-6(11)8(5)13;/h1-2,7,13H,3,11-12H2;1H/t7-;/m1./s1. The Morgan fingerprint density at radius 3 is 2.50 bits per heavy atom. The van der Waals surface area contributed by atoms with Gasteiger partial charge < -0.3 is 16.6 Å². The van der Waals surface area contributed by atoms with E-state index in [1.807, 2.05) is 0 Å². The first kappa shape index (κ1) is 12.9. The lowest BCUT2D eigenvalue weighted by molar-refractivity contribution is 0.413. The summed E-state index contributed by atoms with van der Waals surface area (Å²) in [7, 11) is 0. The third kappa shape index (κ3) is 2.46. The molecule has 0 aliphatic rings. The summed E-state index contributed by atoms with van der Waals surface area (Å²) >= 11 is 0. The van der Waals surface area contributed by atoms with Crippen LogP contribution in [0.2, 0.25) is 0 Å². The second-order valence-electron chi connectivity index (χ2n) is 2.69. The molecule has 0 aliphatic carbocycles. The SMILES string of the molecule is Cl.Nc1cc(F)cc([C@H](N)CF)c1O. The quantitative estimate of drug-likeness (QED) is 0.527. The zero-order valence-electron chi connectivity index (χ0n) is 7.21. The average molecular weight is 225 g/mol. The first-order valence-electron chi connectivity index (χ1n) is 3.65. The maximum atomic E-state index is 12.7. The van der Waals surface area contributed by atoms with Gasteiger partial charge in [0.15, 0.2) is 0 Å². The van der Waals surface area contributed by atoms with E-state index in [9.17, 15) is 13.9 Å². The molecule has 0 aromatic heterocycles. The van der Waals surface area contributed by atoms with Crippen LogP contribution in [0.5, 0.6) is 5.75 Å². The predicted molar refractivity (Wildman–Crippen MR) is 52.6 cm³/mol. The van der Waals surface area contributed by atoms with Gasteiger partial charge in [0.1, 0.15) is 18.2 Å². The molecule has 0 heterocycles. The van der Waals surface area contributed by atoms with Gasteiger partial charge in [0, 0.05) is 11.6 Å². The van der Waals surface area contributed by atoms with Crippen molar-refractivity contribution >= 4 is 18.1 Å². The number of hydrogen-bond donors (Lipinski definition) is 3. The van der Waals surface area contributed by atoms with E-state index in [1.54, 1.807) is 0 Å². The molecule has 0 saturated carbocycles. The maximum Gasteiger partial charge on any atom is 0.143 e. The van der Waals surface area contributed by atoms with Crippen molar-refractivity contribution in [2.45, 2.75) is 6.04 Å². The van der Waals surface area contributed by atoms with Crippen molar-refractivity contribution in [2.75, 3.05) is 12.4 Å². The Hall–Kier alpha value is -1.07. The molecule has 1 rings (SSSR count). The van der Waals surface area contributed by atoms with Crippen LogP contribution in [0, 0.1) is 5.82 Å². The van der Waals surface area contributed by atoms with Crippen LogP contribution in [-0.4, -0.2) is 11.8 Å². The maximum absolute atomic E-state index is 12.7. The van der Waals surface area contributed by atoms with E-state index in [2.05, 4.69) is 0 Å².